The van der Waals surface area contributed by atoms with Crippen molar-refractivity contribution in [2.45, 2.75) is 50.9 Å². The van der Waals surface area contributed by atoms with Crippen LogP contribution in [0.3, 0.4) is 0 Å². The van der Waals surface area contributed by atoms with Gasteiger partial charge in [0.15, 0.2) is 0 Å². The molecule has 0 radical (unpaired) electrons. The molecule has 0 spiro atoms. The van der Waals surface area contributed by atoms with Crippen LogP contribution in [0.1, 0.15) is 38.5 Å². The van der Waals surface area contributed by atoms with Crippen LogP contribution in [0.4, 0.5) is 13.2 Å². The largest absolute Gasteiger partial charge is 0.451 e. The average molecular weight is 463 g/mol. The average Bonchev–Trinajstić information content (AvgIpc) is 2.85. The summed E-state index contributed by atoms with van der Waals surface area (Å²) < 4.78 is 57.4. The predicted octanol–water partition coefficient (Wildman–Crippen LogP) is 6.92. The molecule has 0 aromatic heterocycles. The summed E-state index contributed by atoms with van der Waals surface area (Å²) in [5.41, 5.74) is 0. The van der Waals surface area contributed by atoms with Gasteiger partial charge >= 0.3 is 6.11 Å². The van der Waals surface area contributed by atoms with E-state index in [0.29, 0.717) is 23.7 Å². The molecule has 33 heavy (non-hydrogen) atoms. The van der Waals surface area contributed by atoms with E-state index in [1.807, 2.05) is 12.2 Å². The Morgan fingerprint density at radius 1 is 0.879 bits per heavy atom. The topological polar surface area (TPSA) is 27.7 Å². The molecule has 0 bridgehead atoms. The van der Waals surface area contributed by atoms with Crippen LogP contribution in [-0.4, -0.2) is 25.6 Å². The standard InChI is InChI=1S/C27H33F3O3/c1-2-3-4-19-5-7-20(8-6-19)21-9-11-22(12-10-21)23-17-31-26(32-18-23)27(29,30)33-25-15-13-24(28)14-16-25/h2-5,7,13-16,19-23,26H,1,6,8-12,17-18H2/b4-3+. The lowest BCUT2D eigenvalue weighted by Gasteiger charge is -2.40. The van der Waals surface area contributed by atoms with Gasteiger partial charge in [-0.05, 0) is 86.5 Å². The highest BCUT2D eigenvalue weighted by Crippen LogP contribution is 2.42. The Kier molecular flexibility index (Phi) is 7.97. The first-order chi connectivity index (χ1) is 15.9. The number of rotatable bonds is 7. The fourth-order valence-electron chi connectivity index (χ4n) is 5.37. The van der Waals surface area contributed by atoms with E-state index < -0.39 is 18.2 Å². The summed E-state index contributed by atoms with van der Waals surface area (Å²) in [6.45, 7) is 4.21. The lowest BCUT2D eigenvalue weighted by molar-refractivity contribution is -0.354. The van der Waals surface area contributed by atoms with Crippen LogP contribution in [0, 0.1) is 35.4 Å². The Balaban J connectivity index is 1.21. The van der Waals surface area contributed by atoms with Gasteiger partial charge in [-0.15, -0.1) is 0 Å². The first kappa shape index (κ1) is 24.1. The van der Waals surface area contributed by atoms with Gasteiger partial charge in [-0.25, -0.2) is 4.39 Å². The van der Waals surface area contributed by atoms with Crippen LogP contribution in [-0.2, 0) is 9.47 Å². The number of hydrogen-bond donors (Lipinski definition) is 0. The fraction of sp³-hybridized carbons (Fsp3) is 0.556. The highest BCUT2D eigenvalue weighted by Gasteiger charge is 2.48. The molecule has 1 aromatic rings. The summed E-state index contributed by atoms with van der Waals surface area (Å²) in [6, 6.07) is 4.46. The monoisotopic (exact) mass is 462 g/mol. The minimum atomic E-state index is -3.65. The number of benzene rings is 1. The smallest absolute Gasteiger partial charge is 0.429 e. The number of ether oxygens (including phenoxy) is 3. The molecule has 180 valence electrons. The van der Waals surface area contributed by atoms with Crippen LogP contribution in [0.15, 0.2) is 61.2 Å². The third kappa shape index (κ3) is 6.30. The first-order valence-electron chi connectivity index (χ1n) is 12.0. The highest BCUT2D eigenvalue weighted by atomic mass is 19.3. The number of halogens is 3. The van der Waals surface area contributed by atoms with Crippen LogP contribution >= 0.6 is 0 Å². The van der Waals surface area contributed by atoms with E-state index in [9.17, 15) is 13.2 Å². The Morgan fingerprint density at radius 2 is 1.55 bits per heavy atom. The van der Waals surface area contributed by atoms with Crippen LogP contribution < -0.4 is 4.74 Å². The van der Waals surface area contributed by atoms with Gasteiger partial charge in [0, 0.05) is 5.92 Å². The lowest BCUT2D eigenvalue weighted by atomic mass is 9.69. The van der Waals surface area contributed by atoms with Gasteiger partial charge in [-0.2, -0.15) is 8.78 Å². The maximum atomic E-state index is 14.4. The van der Waals surface area contributed by atoms with E-state index in [1.165, 1.54) is 12.8 Å². The normalized spacial score (nSPS) is 33.2. The summed E-state index contributed by atoms with van der Waals surface area (Å²) in [7, 11) is 0. The Bertz CT molecular complexity index is 820. The maximum absolute atomic E-state index is 14.4. The number of hydrogen-bond acceptors (Lipinski definition) is 3. The first-order valence-corrected chi connectivity index (χ1v) is 12.0. The molecule has 1 saturated carbocycles. The zero-order valence-corrected chi connectivity index (χ0v) is 18.9. The second-order valence-corrected chi connectivity index (χ2v) is 9.46. The van der Waals surface area contributed by atoms with Crippen molar-refractivity contribution in [2.75, 3.05) is 13.2 Å². The molecule has 1 aliphatic heterocycles. The molecule has 6 heteroatoms. The second kappa shape index (κ2) is 10.9. The fourth-order valence-corrected chi connectivity index (χ4v) is 5.37. The molecule has 2 aliphatic carbocycles. The minimum absolute atomic E-state index is 0.124. The third-order valence-corrected chi connectivity index (χ3v) is 7.29. The summed E-state index contributed by atoms with van der Waals surface area (Å²) in [5, 5.41) is 0. The summed E-state index contributed by atoms with van der Waals surface area (Å²) in [5.74, 6) is 1.78. The Morgan fingerprint density at radius 3 is 2.15 bits per heavy atom. The van der Waals surface area contributed by atoms with E-state index in [0.717, 1.165) is 49.9 Å². The van der Waals surface area contributed by atoms with Gasteiger partial charge in [0.2, 0.25) is 0 Å². The van der Waals surface area contributed by atoms with Gasteiger partial charge in [0.1, 0.15) is 11.6 Å². The van der Waals surface area contributed by atoms with Crippen molar-refractivity contribution in [1.29, 1.82) is 0 Å². The van der Waals surface area contributed by atoms with Crippen molar-refractivity contribution in [2.24, 2.45) is 29.6 Å². The molecule has 0 N–H and O–H groups in total. The third-order valence-electron chi connectivity index (χ3n) is 7.29. The van der Waals surface area contributed by atoms with E-state index in [4.69, 9.17) is 14.2 Å². The SMILES string of the molecule is C=C/C=C/C1C=CC(C2CCC(C3COC(C(F)(F)Oc4ccc(F)cc4)OC3)CC2)CC1. The quantitative estimate of drug-likeness (QED) is 0.325. The number of alkyl halides is 2. The maximum Gasteiger partial charge on any atom is 0.451 e. The molecule has 3 aliphatic rings. The molecule has 2 atom stereocenters. The van der Waals surface area contributed by atoms with Gasteiger partial charge in [0.25, 0.3) is 6.29 Å². The molecule has 4 rings (SSSR count). The zero-order chi connectivity index (χ0) is 23.3. The van der Waals surface area contributed by atoms with E-state index in [2.05, 4.69) is 24.8 Å². The summed E-state index contributed by atoms with van der Waals surface area (Å²) in [6.07, 6.45) is 12.3. The summed E-state index contributed by atoms with van der Waals surface area (Å²) >= 11 is 0. The Hall–Kier alpha value is -2.05. The van der Waals surface area contributed by atoms with Crippen molar-refractivity contribution < 1.29 is 27.4 Å². The Labute approximate surface area is 194 Å². The molecule has 1 heterocycles. The summed E-state index contributed by atoms with van der Waals surface area (Å²) in [4.78, 5) is 0. The van der Waals surface area contributed by atoms with Crippen molar-refractivity contribution in [3.05, 3.63) is 67.0 Å². The molecule has 2 fully saturated rings. The second-order valence-electron chi connectivity index (χ2n) is 9.46. The van der Waals surface area contributed by atoms with Gasteiger partial charge < -0.3 is 14.2 Å². The zero-order valence-electron chi connectivity index (χ0n) is 18.9. The van der Waals surface area contributed by atoms with Gasteiger partial charge in [-0.1, -0.05) is 37.0 Å². The van der Waals surface area contributed by atoms with Crippen LogP contribution in [0.2, 0.25) is 0 Å². The molecular weight excluding hydrogens is 429 g/mol. The van der Waals surface area contributed by atoms with Crippen molar-refractivity contribution >= 4 is 0 Å². The molecule has 1 saturated heterocycles. The molecule has 1 aromatic carbocycles. The van der Waals surface area contributed by atoms with Crippen molar-refractivity contribution in [1.82, 2.24) is 0 Å². The van der Waals surface area contributed by atoms with Crippen molar-refractivity contribution in [3.63, 3.8) is 0 Å². The molecule has 3 nitrogen and oxygen atoms in total. The molecule has 0 amide bonds. The predicted molar refractivity (Wildman–Crippen MR) is 121 cm³/mol. The lowest BCUT2D eigenvalue weighted by Crippen LogP contribution is -2.49. The van der Waals surface area contributed by atoms with E-state index in [1.54, 1.807) is 0 Å². The highest BCUT2D eigenvalue weighted by molar-refractivity contribution is 5.22. The van der Waals surface area contributed by atoms with Gasteiger partial charge in [0.05, 0.1) is 13.2 Å². The van der Waals surface area contributed by atoms with Gasteiger partial charge in [-0.3, -0.25) is 0 Å². The number of allylic oxidation sites excluding steroid dienone is 5. The molecule has 2 unspecified atom stereocenters. The van der Waals surface area contributed by atoms with E-state index >= 15 is 0 Å². The van der Waals surface area contributed by atoms with Crippen molar-refractivity contribution in [3.8, 4) is 5.75 Å². The van der Waals surface area contributed by atoms with Crippen LogP contribution in [0.5, 0.6) is 5.75 Å². The minimum Gasteiger partial charge on any atom is -0.429 e. The van der Waals surface area contributed by atoms with E-state index in [-0.39, 0.29) is 24.9 Å². The van der Waals surface area contributed by atoms with Crippen LogP contribution in [0.25, 0.3) is 0 Å². The molecular formula is C27H33F3O3.